The Kier molecular flexibility index (Phi) is 12.3. The van der Waals surface area contributed by atoms with Crippen molar-refractivity contribution < 1.29 is 18.3 Å². The average Bonchev–Trinajstić information content (AvgIpc) is 3.65. The first-order chi connectivity index (χ1) is 27.4. The molecule has 0 bridgehead atoms. The zero-order valence-corrected chi connectivity index (χ0v) is 42.0. The summed E-state index contributed by atoms with van der Waals surface area (Å²) in [6.07, 6.45) is 0.873. The van der Waals surface area contributed by atoms with Crippen molar-refractivity contribution in [2.45, 2.75) is 100 Å². The third kappa shape index (κ3) is 6.96. The van der Waals surface area contributed by atoms with E-state index in [1.165, 1.54) is 93.3 Å². The minimum absolute atomic E-state index is 0. The molecule has 0 nitrogen and oxygen atoms in total. The number of rotatable bonds is 6. The Hall–Kier alpha value is -3.87. The van der Waals surface area contributed by atoms with Crippen LogP contribution in [0.3, 0.4) is 0 Å². The summed E-state index contributed by atoms with van der Waals surface area (Å²) in [5, 5.41) is 0. The third-order valence-corrected chi connectivity index (χ3v) is 31.1. The normalized spacial score (nSPS) is 15.4. The quantitative estimate of drug-likeness (QED) is 0.156. The molecule has 1 atom stereocenters. The van der Waals surface area contributed by atoms with Gasteiger partial charge in [0.25, 0.3) is 0 Å². The Morgan fingerprint density at radius 3 is 1.45 bits per heavy atom. The summed E-state index contributed by atoms with van der Waals surface area (Å²) in [6.45, 7) is 28.5. The van der Waals surface area contributed by atoms with E-state index in [1.807, 2.05) is 0 Å². The molecular weight excluding hydrogens is 847 g/mol. The zero-order valence-electron chi connectivity index (χ0n) is 37.9. The van der Waals surface area contributed by atoms with E-state index in [2.05, 4.69) is 210 Å². The summed E-state index contributed by atoms with van der Waals surface area (Å²) in [7, 11) is 0. The first-order valence-corrected chi connectivity index (χ1v) is 28.1. The monoisotopic (exact) mass is 908 g/mol. The van der Waals surface area contributed by atoms with Crippen LogP contribution in [-0.4, -0.2) is 4.21 Å². The van der Waals surface area contributed by atoms with Gasteiger partial charge in [-0.1, -0.05) is 0 Å². The van der Waals surface area contributed by atoms with Gasteiger partial charge in [-0.3, -0.25) is 0 Å². The molecule has 0 radical (unpaired) electrons. The van der Waals surface area contributed by atoms with Crippen LogP contribution in [0, 0.1) is 19.8 Å². The van der Waals surface area contributed by atoms with Gasteiger partial charge in [-0.05, 0) is 0 Å². The molecule has 1 unspecified atom stereocenters. The van der Waals surface area contributed by atoms with E-state index >= 15 is 0 Å². The van der Waals surface area contributed by atoms with Crippen LogP contribution in [-0.2, 0) is 35.5 Å². The van der Waals surface area contributed by atoms with Gasteiger partial charge in [-0.25, -0.2) is 0 Å². The van der Waals surface area contributed by atoms with Gasteiger partial charge in [0.05, 0.1) is 0 Å². The maximum absolute atomic E-state index is 6.12. The Morgan fingerprint density at radius 1 is 0.533 bits per heavy atom. The standard InChI is InChI=1S/C33H33.C9H13.2C7H7.CH2.2ClH.Zr/c1-32(2,3)30-20-26-24(18-28(30)22-13-9-7-10-14-22)17-25-19-29(23-15-11-8-12-16-23)31(21-27(25)26)33(4,5)6;1-6-5-7(2)9(4)8(6)3;2*1-7-5-3-2-4-6-7;;;;/h7-16,18,20-21H,17H2,1-6H3;6H,1-4H3;2*3-6H,1H3;1H2;2*1H;. The predicted molar refractivity (Wildman–Crippen MR) is 266 cm³/mol. The van der Waals surface area contributed by atoms with Gasteiger partial charge in [0, 0.05) is 0 Å². The van der Waals surface area contributed by atoms with Crippen molar-refractivity contribution in [3.63, 3.8) is 0 Å². The number of allylic oxidation sites excluding steroid dienone is 4. The number of benzene rings is 6. The van der Waals surface area contributed by atoms with Crippen molar-refractivity contribution in [3.8, 4) is 33.4 Å². The molecule has 0 fully saturated rings. The summed E-state index contributed by atoms with van der Waals surface area (Å²) in [5.74, 6) is 0.254. The first-order valence-electron chi connectivity index (χ1n) is 21.4. The van der Waals surface area contributed by atoms with E-state index in [-0.39, 0.29) is 41.6 Å². The van der Waals surface area contributed by atoms with Crippen LogP contribution in [0.5, 0.6) is 0 Å². The van der Waals surface area contributed by atoms with Crippen LogP contribution < -0.4 is 9.81 Å². The van der Waals surface area contributed by atoms with Crippen molar-refractivity contribution in [1.82, 2.24) is 0 Å². The van der Waals surface area contributed by atoms with Crippen molar-refractivity contribution in [2.75, 3.05) is 0 Å². The maximum atomic E-state index is 6.12. The Labute approximate surface area is 374 Å². The average molecular weight is 911 g/mol. The molecule has 310 valence electrons. The van der Waals surface area contributed by atoms with E-state index in [1.54, 1.807) is 3.28 Å². The molecule has 0 aliphatic heterocycles. The van der Waals surface area contributed by atoms with Crippen LogP contribution >= 0.6 is 24.8 Å². The summed E-state index contributed by atoms with van der Waals surface area (Å²) in [6, 6.07) is 49.5. The molecule has 0 saturated heterocycles. The molecular formula is C57H64Cl2Zr. The van der Waals surface area contributed by atoms with Gasteiger partial charge < -0.3 is 0 Å². The Morgan fingerprint density at radius 2 is 1.00 bits per heavy atom. The number of halogens is 2. The molecule has 0 amide bonds. The second-order valence-electron chi connectivity index (χ2n) is 19.9. The number of fused-ring (bicyclic) bond motifs is 3. The Bertz CT molecular complexity index is 2680. The molecule has 60 heavy (non-hydrogen) atoms. The zero-order chi connectivity index (χ0) is 41.6. The predicted octanol–water partition coefficient (Wildman–Crippen LogP) is 14.3. The SMILES string of the molecule is Cl.Cl.[CH2]=[Zr]([C]1=C(C)C(C)=C(C)C1C)([c]1ccc(C)cc1)([c]1ccc(C)cc1)[c]1c2c(cc(C(C)(C)C)c1-c1ccccc1)-c1cc(C(C)(C)C)c(-c3ccccc3)cc1C2. The topological polar surface area (TPSA) is 0 Å². The number of hydrogen-bond donors (Lipinski definition) is 0. The summed E-state index contributed by atoms with van der Waals surface area (Å²) in [4.78, 5) is 0. The van der Waals surface area contributed by atoms with Gasteiger partial charge in [-0.2, -0.15) is 0 Å². The molecule has 2 aliphatic carbocycles. The summed E-state index contributed by atoms with van der Waals surface area (Å²) < 4.78 is 12.1. The fourth-order valence-electron chi connectivity index (χ4n) is 11.0. The molecule has 0 aromatic heterocycles. The summed E-state index contributed by atoms with van der Waals surface area (Å²) >= 11 is -5.38. The second-order valence-corrected chi connectivity index (χ2v) is 32.5. The van der Waals surface area contributed by atoms with Crippen molar-refractivity contribution in [3.05, 3.63) is 181 Å². The minimum atomic E-state index is -5.38. The van der Waals surface area contributed by atoms with E-state index < -0.39 is 18.3 Å². The molecule has 8 rings (SSSR count). The number of hydrogen-bond acceptors (Lipinski definition) is 0. The molecule has 2 aliphatic rings. The second kappa shape index (κ2) is 16.1. The Balaban J connectivity index is 0.00000302. The van der Waals surface area contributed by atoms with Gasteiger partial charge in [0.15, 0.2) is 0 Å². The van der Waals surface area contributed by atoms with E-state index in [0.717, 1.165) is 6.42 Å². The molecule has 6 aromatic carbocycles. The fraction of sp³-hybridized carbons (Fsp3) is 0.281. The van der Waals surface area contributed by atoms with Gasteiger partial charge in [0.1, 0.15) is 0 Å². The van der Waals surface area contributed by atoms with Crippen molar-refractivity contribution >= 4 is 38.8 Å². The van der Waals surface area contributed by atoms with Crippen molar-refractivity contribution in [2.24, 2.45) is 5.92 Å². The molecule has 0 saturated carbocycles. The van der Waals surface area contributed by atoms with Crippen LogP contribution in [0.1, 0.15) is 103 Å². The van der Waals surface area contributed by atoms with E-state index in [9.17, 15) is 0 Å². The van der Waals surface area contributed by atoms with Crippen LogP contribution in [0.25, 0.3) is 33.4 Å². The van der Waals surface area contributed by atoms with Crippen LogP contribution in [0.2, 0.25) is 0 Å². The summed E-state index contributed by atoms with van der Waals surface area (Å²) in [5.41, 5.74) is 20.5. The molecule has 3 heteroatoms. The molecule has 6 aromatic rings. The number of aryl methyl sites for hydroxylation is 2. The van der Waals surface area contributed by atoms with Gasteiger partial charge in [0.2, 0.25) is 0 Å². The molecule has 0 spiro atoms. The molecule has 0 heterocycles. The first kappa shape index (κ1) is 45.7. The third-order valence-electron chi connectivity index (χ3n) is 14.3. The van der Waals surface area contributed by atoms with E-state index in [4.69, 9.17) is 4.21 Å². The van der Waals surface area contributed by atoms with Crippen LogP contribution in [0.15, 0.2) is 147 Å². The van der Waals surface area contributed by atoms with Crippen LogP contribution in [0.4, 0.5) is 0 Å². The van der Waals surface area contributed by atoms with Crippen molar-refractivity contribution in [1.29, 1.82) is 0 Å². The van der Waals surface area contributed by atoms with Gasteiger partial charge in [-0.15, -0.1) is 24.8 Å². The molecule has 0 N–H and O–H groups in total. The van der Waals surface area contributed by atoms with E-state index in [0.29, 0.717) is 0 Å². The van der Waals surface area contributed by atoms with Gasteiger partial charge >= 0.3 is 353 Å². The fourth-order valence-corrected chi connectivity index (χ4v) is 29.4.